The highest BCUT2D eigenvalue weighted by Crippen LogP contribution is 2.13. The van der Waals surface area contributed by atoms with Gasteiger partial charge in [0.25, 0.3) is 0 Å². The predicted octanol–water partition coefficient (Wildman–Crippen LogP) is 5.23. The van der Waals surface area contributed by atoms with Gasteiger partial charge < -0.3 is 9.64 Å². The number of hydrogen-bond donors (Lipinski definition) is 0. The van der Waals surface area contributed by atoms with Crippen LogP contribution >= 0.6 is 0 Å². The quantitative estimate of drug-likeness (QED) is 0.463. The summed E-state index contributed by atoms with van der Waals surface area (Å²) in [6.07, 6.45) is 10.2. The average molecular weight is 334 g/mol. The minimum absolute atomic E-state index is 0.258. The standard InChI is InChI=1S/C21H35NO2/c1-4-6-8-10-16-22(17-11-9-7-5-2)21(23)18-19-12-14-20(24-3)15-13-19/h12-15H,4-11,16-18H2,1-3H3. The van der Waals surface area contributed by atoms with E-state index in [0.717, 1.165) is 37.2 Å². The first-order chi connectivity index (χ1) is 11.7. The molecule has 0 aliphatic rings. The molecule has 0 saturated carbocycles. The third-order valence-electron chi connectivity index (χ3n) is 4.43. The summed E-state index contributed by atoms with van der Waals surface area (Å²) in [6, 6.07) is 7.83. The predicted molar refractivity (Wildman–Crippen MR) is 102 cm³/mol. The van der Waals surface area contributed by atoms with Gasteiger partial charge in [-0.05, 0) is 30.5 Å². The fourth-order valence-corrected chi connectivity index (χ4v) is 2.85. The molecule has 0 radical (unpaired) electrons. The number of unbranched alkanes of at least 4 members (excludes halogenated alkanes) is 6. The summed E-state index contributed by atoms with van der Waals surface area (Å²) >= 11 is 0. The summed E-state index contributed by atoms with van der Waals surface area (Å²) in [5.41, 5.74) is 1.06. The van der Waals surface area contributed by atoms with Gasteiger partial charge in [-0.15, -0.1) is 0 Å². The molecule has 0 atom stereocenters. The molecule has 136 valence electrons. The van der Waals surface area contributed by atoms with Crippen molar-refractivity contribution in [2.45, 2.75) is 71.6 Å². The van der Waals surface area contributed by atoms with Crippen molar-refractivity contribution in [2.24, 2.45) is 0 Å². The first-order valence-corrected chi connectivity index (χ1v) is 9.62. The zero-order valence-electron chi connectivity index (χ0n) is 15.9. The molecule has 24 heavy (non-hydrogen) atoms. The van der Waals surface area contributed by atoms with Gasteiger partial charge in [0.2, 0.25) is 5.91 Å². The molecule has 0 saturated heterocycles. The molecule has 0 heterocycles. The van der Waals surface area contributed by atoms with Crippen LogP contribution in [0.4, 0.5) is 0 Å². The number of rotatable bonds is 13. The van der Waals surface area contributed by atoms with Gasteiger partial charge in [0, 0.05) is 13.1 Å². The Labute approximate surface area is 148 Å². The van der Waals surface area contributed by atoms with Crippen LogP contribution < -0.4 is 4.74 Å². The third kappa shape index (κ3) is 8.37. The van der Waals surface area contributed by atoms with Crippen molar-refractivity contribution < 1.29 is 9.53 Å². The van der Waals surface area contributed by atoms with E-state index in [1.165, 1.54) is 38.5 Å². The molecule has 3 heteroatoms. The number of methoxy groups -OCH3 is 1. The lowest BCUT2D eigenvalue weighted by Crippen LogP contribution is -2.34. The number of carbonyl (C=O) groups excluding carboxylic acids is 1. The van der Waals surface area contributed by atoms with Gasteiger partial charge in [0.15, 0.2) is 0 Å². The zero-order chi connectivity index (χ0) is 17.6. The van der Waals surface area contributed by atoms with Gasteiger partial charge in [-0.1, -0.05) is 64.5 Å². The first-order valence-electron chi connectivity index (χ1n) is 9.62. The summed E-state index contributed by atoms with van der Waals surface area (Å²) in [5.74, 6) is 1.09. The second-order valence-corrected chi connectivity index (χ2v) is 6.53. The summed E-state index contributed by atoms with van der Waals surface area (Å²) in [7, 11) is 1.66. The molecule has 0 fully saturated rings. The van der Waals surface area contributed by atoms with Crippen LogP contribution in [0.1, 0.15) is 70.8 Å². The lowest BCUT2D eigenvalue weighted by molar-refractivity contribution is -0.130. The van der Waals surface area contributed by atoms with Crippen LogP contribution in [0.15, 0.2) is 24.3 Å². The lowest BCUT2D eigenvalue weighted by Gasteiger charge is -2.23. The SMILES string of the molecule is CCCCCCN(CCCCCC)C(=O)Cc1ccc(OC)cc1. The van der Waals surface area contributed by atoms with Crippen LogP contribution in [-0.4, -0.2) is 31.0 Å². The Hall–Kier alpha value is -1.51. The lowest BCUT2D eigenvalue weighted by atomic mass is 10.1. The number of nitrogens with zero attached hydrogens (tertiary/aromatic N) is 1. The molecule has 0 aromatic heterocycles. The van der Waals surface area contributed by atoms with Gasteiger partial charge in [0.1, 0.15) is 5.75 Å². The van der Waals surface area contributed by atoms with Crippen LogP contribution in [0.2, 0.25) is 0 Å². The Morgan fingerprint density at radius 2 is 1.42 bits per heavy atom. The van der Waals surface area contributed by atoms with Crippen molar-refractivity contribution >= 4 is 5.91 Å². The molecule has 1 amide bonds. The second-order valence-electron chi connectivity index (χ2n) is 6.53. The van der Waals surface area contributed by atoms with E-state index in [1.54, 1.807) is 7.11 Å². The largest absolute Gasteiger partial charge is 0.497 e. The van der Waals surface area contributed by atoms with Gasteiger partial charge in [0.05, 0.1) is 13.5 Å². The van der Waals surface area contributed by atoms with Crippen molar-refractivity contribution in [3.05, 3.63) is 29.8 Å². The van der Waals surface area contributed by atoms with Gasteiger partial charge in [-0.3, -0.25) is 4.79 Å². The number of ether oxygens (including phenoxy) is 1. The summed E-state index contributed by atoms with van der Waals surface area (Å²) in [4.78, 5) is 14.8. The highest BCUT2D eigenvalue weighted by molar-refractivity contribution is 5.78. The average Bonchev–Trinajstić information content (AvgIpc) is 2.61. The van der Waals surface area contributed by atoms with Crippen molar-refractivity contribution in [1.82, 2.24) is 4.90 Å². The van der Waals surface area contributed by atoms with Gasteiger partial charge >= 0.3 is 0 Å². The maximum Gasteiger partial charge on any atom is 0.226 e. The molecule has 1 aromatic rings. The molecular weight excluding hydrogens is 298 g/mol. The molecule has 0 aliphatic carbocycles. The third-order valence-corrected chi connectivity index (χ3v) is 4.43. The molecule has 0 aliphatic heterocycles. The summed E-state index contributed by atoms with van der Waals surface area (Å²) in [5, 5.41) is 0. The Bertz CT molecular complexity index is 430. The van der Waals surface area contributed by atoms with Crippen molar-refractivity contribution in [2.75, 3.05) is 20.2 Å². The van der Waals surface area contributed by atoms with E-state index in [1.807, 2.05) is 24.3 Å². The summed E-state index contributed by atoms with van der Waals surface area (Å²) in [6.45, 7) is 6.25. The van der Waals surface area contributed by atoms with Crippen molar-refractivity contribution in [3.8, 4) is 5.75 Å². The Kier molecular flexibility index (Phi) is 11.0. The highest BCUT2D eigenvalue weighted by Gasteiger charge is 2.13. The summed E-state index contributed by atoms with van der Waals surface area (Å²) < 4.78 is 5.18. The van der Waals surface area contributed by atoms with E-state index in [-0.39, 0.29) is 5.91 Å². The first kappa shape index (κ1) is 20.5. The minimum atomic E-state index is 0.258. The van der Waals surface area contributed by atoms with Crippen LogP contribution in [0.5, 0.6) is 5.75 Å². The van der Waals surface area contributed by atoms with E-state index in [9.17, 15) is 4.79 Å². The fraction of sp³-hybridized carbons (Fsp3) is 0.667. The highest BCUT2D eigenvalue weighted by atomic mass is 16.5. The molecular formula is C21H35NO2. The van der Waals surface area contributed by atoms with Crippen LogP contribution in [0, 0.1) is 0 Å². The van der Waals surface area contributed by atoms with Crippen molar-refractivity contribution in [1.29, 1.82) is 0 Å². The number of benzene rings is 1. The number of carbonyl (C=O) groups is 1. The molecule has 0 bridgehead atoms. The minimum Gasteiger partial charge on any atom is -0.497 e. The normalized spacial score (nSPS) is 10.6. The second kappa shape index (κ2) is 12.9. The van der Waals surface area contributed by atoms with Crippen LogP contribution in [0.25, 0.3) is 0 Å². The molecule has 0 unspecified atom stereocenters. The van der Waals surface area contributed by atoms with Gasteiger partial charge in [-0.2, -0.15) is 0 Å². The van der Waals surface area contributed by atoms with E-state index >= 15 is 0 Å². The maximum atomic E-state index is 12.7. The topological polar surface area (TPSA) is 29.5 Å². The fourth-order valence-electron chi connectivity index (χ4n) is 2.85. The Balaban J connectivity index is 2.52. The smallest absolute Gasteiger partial charge is 0.226 e. The van der Waals surface area contributed by atoms with Gasteiger partial charge in [-0.25, -0.2) is 0 Å². The van der Waals surface area contributed by atoms with Crippen molar-refractivity contribution in [3.63, 3.8) is 0 Å². The molecule has 0 spiro atoms. The molecule has 3 nitrogen and oxygen atoms in total. The Morgan fingerprint density at radius 3 is 1.88 bits per heavy atom. The van der Waals surface area contributed by atoms with E-state index in [4.69, 9.17) is 4.74 Å². The van der Waals surface area contributed by atoms with E-state index < -0.39 is 0 Å². The van der Waals surface area contributed by atoms with Crippen LogP contribution in [-0.2, 0) is 11.2 Å². The van der Waals surface area contributed by atoms with E-state index in [2.05, 4.69) is 18.7 Å². The molecule has 0 N–H and O–H groups in total. The molecule has 1 aromatic carbocycles. The maximum absolute atomic E-state index is 12.7. The van der Waals surface area contributed by atoms with Crippen LogP contribution in [0.3, 0.4) is 0 Å². The number of hydrogen-bond acceptors (Lipinski definition) is 2. The zero-order valence-corrected chi connectivity index (χ0v) is 15.9. The Morgan fingerprint density at radius 1 is 0.875 bits per heavy atom. The monoisotopic (exact) mass is 333 g/mol. The number of amides is 1. The molecule has 1 rings (SSSR count). The van der Waals surface area contributed by atoms with E-state index in [0.29, 0.717) is 6.42 Å².